The maximum absolute atomic E-state index is 8.89. The predicted molar refractivity (Wildman–Crippen MR) is 48.4 cm³/mol. The van der Waals surface area contributed by atoms with Crippen LogP contribution >= 0.6 is 0 Å². The van der Waals surface area contributed by atoms with E-state index < -0.39 is 5.97 Å². The number of hydrogen-bond donors (Lipinski definition) is 1. The van der Waals surface area contributed by atoms with Gasteiger partial charge in [-0.3, -0.25) is 11.7 Å². The van der Waals surface area contributed by atoms with Crippen molar-refractivity contribution in [1.29, 1.82) is 0 Å². The Bertz CT molecular complexity index is 232. The fourth-order valence-electron chi connectivity index (χ4n) is 0. The Morgan fingerprint density at radius 1 is 0.480 bits per heavy atom. The second-order valence-corrected chi connectivity index (χ2v) is 0.394. The number of aliphatic carboxylic acids is 1. The average Bonchev–Trinajstić information content (AvgIpc) is 2.69. The molecule has 0 saturated heterocycles. The van der Waals surface area contributed by atoms with Gasteiger partial charge in [-0.15, -0.1) is 0 Å². The Morgan fingerprint density at radius 3 is 0.480 bits per heavy atom. The van der Waals surface area contributed by atoms with Crippen molar-refractivity contribution in [2.45, 2.75) is 0 Å². The van der Waals surface area contributed by atoms with Crippen LogP contribution in [0.4, 0.5) is 0 Å². The summed E-state index contributed by atoms with van der Waals surface area (Å²) in [6.07, 6.45) is 0. The van der Waals surface area contributed by atoms with Gasteiger partial charge in [-0.05, 0) is 0 Å². The van der Waals surface area contributed by atoms with Gasteiger partial charge < -0.3 is 5.11 Å². The van der Waals surface area contributed by atoms with E-state index in [2.05, 4.69) is 66.8 Å². The Kier molecular flexibility index (Phi) is 19500. The van der Waals surface area contributed by atoms with Crippen LogP contribution in [0.1, 0.15) is 0 Å². The summed E-state index contributed by atoms with van der Waals surface area (Å²) in [5.41, 5.74) is 0. The topological polar surface area (TPSA) is 216 Å². The fraction of sp³-hybridized carbons (Fsp3) is 0. The van der Waals surface area contributed by atoms with Crippen LogP contribution in [0.3, 0.4) is 0 Å². The van der Waals surface area contributed by atoms with Gasteiger partial charge in [0.2, 0.25) is 0 Å². The molecular weight excluding hydrogens is 485 g/mol. The summed E-state index contributed by atoms with van der Waals surface area (Å²) >= 11 is 0. The van der Waals surface area contributed by atoms with E-state index in [1.807, 2.05) is 0 Å². The minimum atomic E-state index is -1.08. The van der Waals surface area contributed by atoms with Crippen molar-refractivity contribution in [3.05, 3.63) is 66.8 Å². The van der Waals surface area contributed by atoms with Gasteiger partial charge in [-0.1, -0.05) is 0 Å². The van der Waals surface area contributed by atoms with Crippen LogP contribution in [0, 0.1) is 66.8 Å². The standard InChI is InChI=1S/C2H3O2.9CO.3Co/c1-2(3)4;9*1-2;;;/h1H2,(H,3,4);;;;;;;;;;;;/q-1;;;;;;;;;;;;. The van der Waals surface area contributed by atoms with E-state index in [0.29, 0.717) is 0 Å². The van der Waals surface area contributed by atoms with Gasteiger partial charge in [-0.25, -0.2) is 0 Å². The third-order valence-electron chi connectivity index (χ3n) is 0. The molecule has 11 nitrogen and oxygen atoms in total. The molecule has 0 aliphatic rings. The van der Waals surface area contributed by atoms with E-state index in [1.165, 1.54) is 0 Å². The molecule has 0 heterocycles. The molecule has 3 radical (unpaired) electrons. The van der Waals surface area contributed by atoms with Gasteiger partial charge in [0.15, 0.2) is 5.97 Å². The van der Waals surface area contributed by atoms with Gasteiger partial charge in [0.25, 0.3) is 0 Å². The molecular formula is C11H3Co3O11-. The molecule has 0 rings (SSSR count). The van der Waals surface area contributed by atoms with Gasteiger partial charge >= 0.3 is 102 Å². The van der Waals surface area contributed by atoms with E-state index >= 15 is 0 Å². The molecule has 0 aromatic rings. The summed E-state index contributed by atoms with van der Waals surface area (Å²) < 4.78 is 67.5. The molecule has 0 atom stereocenters. The summed E-state index contributed by atoms with van der Waals surface area (Å²) in [6.45, 7) is 43.1. The van der Waals surface area contributed by atoms with Crippen LogP contribution in [0.5, 0.6) is 0 Å². The normalized spacial score (nSPS) is 1.68. The number of carboxylic acid groups (broad SMARTS) is 1. The summed E-state index contributed by atoms with van der Waals surface area (Å²) in [6, 6.07) is 0. The molecule has 0 fully saturated rings. The molecule has 14 heteroatoms. The smallest absolute Gasteiger partial charge is 0.161 e. The first-order valence-corrected chi connectivity index (χ1v) is 2.62. The monoisotopic (exact) mass is 488 g/mol. The molecule has 0 saturated carbocycles. The second kappa shape index (κ2) is 4520. The van der Waals surface area contributed by atoms with Crippen molar-refractivity contribution in [2.24, 2.45) is 0 Å². The molecule has 0 aliphatic heterocycles. The van der Waals surface area contributed by atoms with Crippen LogP contribution in [-0.2, 0) is 97.0 Å². The quantitative estimate of drug-likeness (QED) is 0.355. The minimum absolute atomic E-state index is 0. The van der Waals surface area contributed by atoms with E-state index in [0.717, 1.165) is 0 Å². The van der Waals surface area contributed by atoms with Crippen molar-refractivity contribution in [1.82, 2.24) is 0 Å². The number of carbonyl (C=O) groups is 1. The first kappa shape index (κ1) is 108. The largest absolute Gasteiger partial charge is 0.503 e. The molecule has 25 heavy (non-hydrogen) atoms. The molecule has 141 valence electrons. The molecule has 0 unspecified atom stereocenters. The zero-order chi connectivity index (χ0) is 21.6. The molecule has 0 aliphatic carbocycles. The van der Waals surface area contributed by atoms with Crippen molar-refractivity contribution in [2.75, 3.05) is 0 Å². The number of hydrogen-bond acceptors (Lipinski definition) is 1. The van der Waals surface area contributed by atoms with Crippen molar-refractivity contribution < 1.29 is 102 Å². The third kappa shape index (κ3) is 4330. The molecule has 0 spiro atoms. The van der Waals surface area contributed by atoms with E-state index in [-0.39, 0.29) is 50.3 Å². The number of rotatable bonds is 0. The van der Waals surface area contributed by atoms with Crippen LogP contribution in [0.15, 0.2) is 0 Å². The summed E-state index contributed by atoms with van der Waals surface area (Å²) in [7, 11) is 0. The summed E-state index contributed by atoms with van der Waals surface area (Å²) in [4.78, 5) is 8.89. The molecule has 0 aromatic carbocycles. The first-order valence-electron chi connectivity index (χ1n) is 2.62. The van der Waals surface area contributed by atoms with E-state index in [9.17, 15) is 0 Å². The maximum atomic E-state index is 8.89. The van der Waals surface area contributed by atoms with Crippen molar-refractivity contribution >= 4 is 5.97 Å². The Morgan fingerprint density at radius 2 is 0.480 bits per heavy atom. The predicted octanol–water partition coefficient (Wildman–Crippen LogP) is -0.440. The molecule has 0 aromatic heterocycles. The Balaban J connectivity index is -0.00000000583. The third-order valence-corrected chi connectivity index (χ3v) is 0. The maximum Gasteiger partial charge on any atom is 0.161 e. The second-order valence-electron chi connectivity index (χ2n) is 0.394. The zero-order valence-corrected chi connectivity index (χ0v) is 14.4. The molecule has 0 amide bonds. The van der Waals surface area contributed by atoms with E-state index in [1.54, 1.807) is 0 Å². The van der Waals surface area contributed by atoms with Gasteiger partial charge in [0, 0.05) is 50.3 Å². The average molecular weight is 488 g/mol. The summed E-state index contributed by atoms with van der Waals surface area (Å²) in [5.74, 6) is -1.08. The van der Waals surface area contributed by atoms with Crippen molar-refractivity contribution in [3.63, 3.8) is 0 Å². The van der Waals surface area contributed by atoms with Gasteiger partial charge in [0.05, 0.1) is 0 Å². The van der Waals surface area contributed by atoms with Gasteiger partial charge in [0.1, 0.15) is 0 Å². The van der Waals surface area contributed by atoms with Gasteiger partial charge in [-0.2, -0.15) is 0 Å². The van der Waals surface area contributed by atoms with Crippen molar-refractivity contribution in [3.8, 4) is 0 Å². The van der Waals surface area contributed by atoms with Crippen LogP contribution < -0.4 is 0 Å². The molecule has 0 bridgehead atoms. The zero-order valence-electron chi connectivity index (χ0n) is 11.2. The van der Waals surface area contributed by atoms with E-state index in [4.69, 9.17) is 51.8 Å². The number of carboxylic acids is 1. The SMILES string of the molecule is [C-]#[O+].[C-]#[O+].[C-]#[O+].[C-]#[O+].[C-]#[O+].[C-]#[O+].[C-]#[O+].[C-]#[O+].[C-]#[O+].[CH2-]C(=O)O.[Co].[Co].[Co]. The fourth-order valence-corrected chi connectivity index (χ4v) is 0. The van der Waals surface area contributed by atoms with Crippen LogP contribution in [0.2, 0.25) is 0 Å². The Hall–Kier alpha value is -1.48. The molecule has 1 N–H and O–H groups in total. The van der Waals surface area contributed by atoms with Crippen LogP contribution in [-0.4, -0.2) is 11.1 Å². The summed E-state index contributed by atoms with van der Waals surface area (Å²) in [5, 5.41) is 7.31. The first-order chi connectivity index (χ1) is 10.7. The minimum Gasteiger partial charge on any atom is -0.503 e. The van der Waals surface area contributed by atoms with Crippen LogP contribution in [0.25, 0.3) is 0 Å². The Labute approximate surface area is 174 Å².